The van der Waals surface area contributed by atoms with Gasteiger partial charge in [0.05, 0.1) is 0 Å². The molecule has 0 aromatic rings. The average Bonchev–Trinajstić information content (AvgIpc) is 1.83. The second-order valence-electron chi connectivity index (χ2n) is 3.26. The number of alkyl halides is 1. The maximum Gasteiger partial charge on any atom is 0.254 e. The Morgan fingerprint density at radius 1 is 1.50 bits per heavy atom. The molecule has 0 aromatic heterocycles. The highest BCUT2D eigenvalue weighted by Crippen LogP contribution is 2.09. The van der Waals surface area contributed by atoms with Crippen molar-refractivity contribution in [3.05, 3.63) is 0 Å². The van der Waals surface area contributed by atoms with Gasteiger partial charge in [0.25, 0.3) is 5.91 Å². The summed E-state index contributed by atoms with van der Waals surface area (Å²) in [5.41, 5.74) is -0.275. The van der Waals surface area contributed by atoms with E-state index in [-0.39, 0.29) is 5.54 Å². The van der Waals surface area contributed by atoms with Gasteiger partial charge in [-0.1, -0.05) is 0 Å². The lowest BCUT2D eigenvalue weighted by Crippen LogP contribution is -2.43. The zero-order valence-electron chi connectivity index (χ0n) is 6.94. The zero-order valence-corrected chi connectivity index (χ0v) is 6.94. The van der Waals surface area contributed by atoms with Crippen LogP contribution in [-0.4, -0.2) is 30.1 Å². The predicted octanol–water partition coefficient (Wildman–Crippen LogP) is 1.21. The molecule has 60 valence electrons. The molecule has 0 unspecified atom stereocenters. The minimum atomic E-state index is -0.909. The molecule has 0 spiro atoms. The van der Waals surface area contributed by atoms with E-state index in [1.165, 1.54) is 4.90 Å². The summed E-state index contributed by atoms with van der Waals surface area (Å²) in [6.07, 6.45) is 0. The van der Waals surface area contributed by atoms with Crippen LogP contribution in [0, 0.1) is 0 Å². The van der Waals surface area contributed by atoms with Gasteiger partial charge in [0.2, 0.25) is 0 Å². The Morgan fingerprint density at radius 3 is 2.00 bits per heavy atom. The lowest BCUT2D eigenvalue weighted by Gasteiger charge is -2.31. The zero-order chi connectivity index (χ0) is 8.36. The third kappa shape index (κ3) is 2.33. The minimum absolute atomic E-state index is 0.275. The SMILES string of the molecule is CN(C(=O)CF)C(C)(C)C. The smallest absolute Gasteiger partial charge is 0.254 e. The maximum atomic E-state index is 11.8. The van der Waals surface area contributed by atoms with Gasteiger partial charge in [0.1, 0.15) is 0 Å². The number of rotatable bonds is 1. The van der Waals surface area contributed by atoms with E-state index in [0.717, 1.165) is 0 Å². The molecule has 0 N–H and O–H groups in total. The highest BCUT2D eigenvalue weighted by molar-refractivity contribution is 5.77. The van der Waals surface area contributed by atoms with Crippen molar-refractivity contribution in [1.82, 2.24) is 4.90 Å². The van der Waals surface area contributed by atoms with Crippen LogP contribution >= 0.6 is 0 Å². The van der Waals surface area contributed by atoms with Crippen molar-refractivity contribution in [3.63, 3.8) is 0 Å². The molecule has 0 saturated carbocycles. The van der Waals surface area contributed by atoms with Crippen molar-refractivity contribution in [1.29, 1.82) is 0 Å². The largest absolute Gasteiger partial charge is 0.339 e. The molecule has 0 radical (unpaired) electrons. The van der Waals surface area contributed by atoms with Gasteiger partial charge in [-0.3, -0.25) is 4.79 Å². The summed E-state index contributed by atoms with van der Waals surface area (Å²) in [4.78, 5) is 12.1. The normalized spacial score (nSPS) is 11.3. The predicted molar refractivity (Wildman–Crippen MR) is 38.5 cm³/mol. The average molecular weight is 147 g/mol. The Morgan fingerprint density at radius 2 is 1.90 bits per heavy atom. The van der Waals surface area contributed by atoms with E-state index in [1.807, 2.05) is 20.8 Å². The van der Waals surface area contributed by atoms with Gasteiger partial charge in [0, 0.05) is 12.6 Å². The molecule has 0 fully saturated rings. The Bertz CT molecular complexity index is 128. The molecule has 0 bridgehead atoms. The van der Waals surface area contributed by atoms with Crippen molar-refractivity contribution in [2.75, 3.05) is 13.7 Å². The second kappa shape index (κ2) is 2.99. The molecule has 3 heteroatoms. The van der Waals surface area contributed by atoms with E-state index in [0.29, 0.717) is 0 Å². The van der Waals surface area contributed by atoms with Crippen LogP contribution in [0.3, 0.4) is 0 Å². The number of carbonyl (C=O) groups is 1. The first-order valence-electron chi connectivity index (χ1n) is 3.22. The van der Waals surface area contributed by atoms with Crippen molar-refractivity contribution in [2.45, 2.75) is 26.3 Å². The summed E-state index contributed by atoms with van der Waals surface area (Å²) in [5.74, 6) is -0.465. The van der Waals surface area contributed by atoms with Crippen LogP contribution in [-0.2, 0) is 4.79 Å². The number of nitrogens with zero attached hydrogens (tertiary/aromatic N) is 1. The number of halogens is 1. The number of carbonyl (C=O) groups excluding carboxylic acids is 1. The van der Waals surface area contributed by atoms with Gasteiger partial charge < -0.3 is 4.90 Å². The van der Waals surface area contributed by atoms with Crippen LogP contribution in [0.2, 0.25) is 0 Å². The summed E-state index contributed by atoms with van der Waals surface area (Å²) in [6, 6.07) is 0. The van der Waals surface area contributed by atoms with Crippen LogP contribution < -0.4 is 0 Å². The minimum Gasteiger partial charge on any atom is -0.339 e. The van der Waals surface area contributed by atoms with Gasteiger partial charge in [-0.2, -0.15) is 0 Å². The Kier molecular flexibility index (Phi) is 2.81. The summed E-state index contributed by atoms with van der Waals surface area (Å²) >= 11 is 0. The van der Waals surface area contributed by atoms with Crippen molar-refractivity contribution in [2.24, 2.45) is 0 Å². The Labute approximate surface area is 61.0 Å². The Balaban J connectivity index is 4.08. The van der Waals surface area contributed by atoms with E-state index in [1.54, 1.807) is 7.05 Å². The quantitative estimate of drug-likeness (QED) is 0.546. The standard InChI is InChI=1S/C7H14FNO/c1-7(2,3)9(4)6(10)5-8/h5H2,1-4H3. The second-order valence-corrected chi connectivity index (χ2v) is 3.26. The molecule has 0 rings (SSSR count). The molecule has 10 heavy (non-hydrogen) atoms. The lowest BCUT2D eigenvalue weighted by atomic mass is 10.1. The molecule has 0 aliphatic rings. The van der Waals surface area contributed by atoms with Crippen LogP contribution in [0.5, 0.6) is 0 Å². The molecular formula is C7H14FNO. The summed E-state index contributed by atoms with van der Waals surface area (Å²) in [5, 5.41) is 0. The van der Waals surface area contributed by atoms with E-state index in [2.05, 4.69) is 0 Å². The van der Waals surface area contributed by atoms with Crippen molar-refractivity contribution in [3.8, 4) is 0 Å². The maximum absolute atomic E-state index is 11.8. The topological polar surface area (TPSA) is 20.3 Å². The van der Waals surface area contributed by atoms with E-state index < -0.39 is 12.6 Å². The first-order valence-corrected chi connectivity index (χ1v) is 3.22. The fourth-order valence-corrected chi connectivity index (χ4v) is 0.464. The van der Waals surface area contributed by atoms with Gasteiger partial charge in [-0.05, 0) is 20.8 Å². The highest BCUT2D eigenvalue weighted by Gasteiger charge is 2.21. The molecular weight excluding hydrogens is 133 g/mol. The van der Waals surface area contributed by atoms with Gasteiger partial charge >= 0.3 is 0 Å². The first kappa shape index (κ1) is 9.40. The number of amides is 1. The van der Waals surface area contributed by atoms with Crippen LogP contribution in [0.4, 0.5) is 4.39 Å². The number of hydrogen-bond acceptors (Lipinski definition) is 1. The lowest BCUT2D eigenvalue weighted by molar-refractivity contribution is -0.134. The highest BCUT2D eigenvalue weighted by atomic mass is 19.1. The molecule has 0 aliphatic heterocycles. The van der Waals surface area contributed by atoms with Crippen LogP contribution in [0.1, 0.15) is 20.8 Å². The van der Waals surface area contributed by atoms with E-state index in [4.69, 9.17) is 0 Å². The third-order valence-electron chi connectivity index (χ3n) is 1.49. The van der Waals surface area contributed by atoms with Crippen LogP contribution in [0.25, 0.3) is 0 Å². The summed E-state index contributed by atoms with van der Waals surface area (Å²) < 4.78 is 11.8. The monoisotopic (exact) mass is 147 g/mol. The van der Waals surface area contributed by atoms with Crippen molar-refractivity contribution >= 4 is 5.91 Å². The van der Waals surface area contributed by atoms with Gasteiger partial charge in [-0.25, -0.2) is 4.39 Å². The molecule has 1 amide bonds. The summed E-state index contributed by atoms with van der Waals surface area (Å²) in [6.45, 7) is 4.68. The third-order valence-corrected chi connectivity index (χ3v) is 1.49. The molecule has 0 atom stereocenters. The Hall–Kier alpha value is -0.600. The molecule has 2 nitrogen and oxygen atoms in total. The van der Waals surface area contributed by atoms with E-state index >= 15 is 0 Å². The fraction of sp³-hybridized carbons (Fsp3) is 0.857. The molecule has 0 heterocycles. The van der Waals surface area contributed by atoms with E-state index in [9.17, 15) is 9.18 Å². The summed E-state index contributed by atoms with van der Waals surface area (Å²) in [7, 11) is 1.60. The van der Waals surface area contributed by atoms with Gasteiger partial charge in [0.15, 0.2) is 6.67 Å². The molecule has 0 saturated heterocycles. The fourth-order valence-electron chi connectivity index (χ4n) is 0.464. The molecule has 0 aliphatic carbocycles. The molecule has 0 aromatic carbocycles. The number of hydrogen-bond donors (Lipinski definition) is 0. The van der Waals surface area contributed by atoms with Gasteiger partial charge in [-0.15, -0.1) is 0 Å². The first-order chi connectivity index (χ1) is 4.39. The van der Waals surface area contributed by atoms with Crippen LogP contribution in [0.15, 0.2) is 0 Å². The van der Waals surface area contributed by atoms with Crippen molar-refractivity contribution < 1.29 is 9.18 Å².